The molecule has 0 fully saturated rings. The molecule has 0 N–H and O–H groups in total. The number of ether oxygens (including phenoxy) is 1. The van der Waals surface area contributed by atoms with Gasteiger partial charge in [0.1, 0.15) is 17.7 Å². The van der Waals surface area contributed by atoms with Gasteiger partial charge in [-0.1, -0.05) is 0 Å². The van der Waals surface area contributed by atoms with E-state index in [1.165, 1.54) is 12.1 Å². The molecule has 0 aliphatic carbocycles. The van der Waals surface area contributed by atoms with Gasteiger partial charge in [-0.25, -0.2) is 4.39 Å². The Morgan fingerprint density at radius 1 is 1.56 bits per heavy atom. The zero-order chi connectivity index (χ0) is 13.1. The molecule has 1 atom stereocenters. The molecule has 1 aliphatic heterocycles. The Kier molecular flexibility index (Phi) is 3.83. The third-order valence-corrected chi connectivity index (χ3v) is 3.21. The Balaban J connectivity index is 2.00. The second-order valence-corrected chi connectivity index (χ2v) is 4.88. The fourth-order valence-electron chi connectivity index (χ4n) is 2.20. The van der Waals surface area contributed by atoms with Gasteiger partial charge in [0.05, 0.1) is 12.6 Å². The molecule has 0 aromatic heterocycles. The van der Waals surface area contributed by atoms with Gasteiger partial charge in [-0.05, 0) is 32.0 Å². The molecule has 0 bridgehead atoms. The topological polar surface area (TPSA) is 36.3 Å². The summed E-state index contributed by atoms with van der Waals surface area (Å²) in [6, 6.07) is 7.08. The van der Waals surface area contributed by atoms with Crippen LogP contribution in [0.1, 0.15) is 19.4 Å². The van der Waals surface area contributed by atoms with E-state index in [4.69, 9.17) is 10.00 Å². The van der Waals surface area contributed by atoms with Gasteiger partial charge in [0.25, 0.3) is 0 Å². The first-order valence-corrected chi connectivity index (χ1v) is 6.16. The van der Waals surface area contributed by atoms with Crippen LogP contribution in [0, 0.1) is 17.1 Å². The van der Waals surface area contributed by atoms with Gasteiger partial charge in [0.2, 0.25) is 0 Å². The molecule has 96 valence electrons. The van der Waals surface area contributed by atoms with Crippen molar-refractivity contribution in [1.82, 2.24) is 4.90 Å². The smallest absolute Gasteiger partial charge is 0.123 e. The maximum Gasteiger partial charge on any atom is 0.123 e. The largest absolute Gasteiger partial charge is 0.488 e. The van der Waals surface area contributed by atoms with E-state index in [1.807, 2.05) is 0 Å². The molecular weight excluding hydrogens is 231 g/mol. The van der Waals surface area contributed by atoms with Crippen molar-refractivity contribution >= 4 is 0 Å². The Bertz CT molecular complexity index is 467. The van der Waals surface area contributed by atoms with Gasteiger partial charge in [0.15, 0.2) is 0 Å². The van der Waals surface area contributed by atoms with Gasteiger partial charge < -0.3 is 4.74 Å². The van der Waals surface area contributed by atoms with Crippen molar-refractivity contribution in [1.29, 1.82) is 5.26 Å². The van der Waals surface area contributed by atoms with Gasteiger partial charge >= 0.3 is 0 Å². The van der Waals surface area contributed by atoms with Crippen molar-refractivity contribution in [3.8, 4) is 11.8 Å². The first-order chi connectivity index (χ1) is 8.60. The number of nitrogens with zero attached hydrogens (tertiary/aromatic N) is 2. The lowest BCUT2D eigenvalue weighted by atomic mass is 10.1. The third kappa shape index (κ3) is 2.80. The van der Waals surface area contributed by atoms with E-state index in [1.54, 1.807) is 6.07 Å². The molecule has 0 saturated carbocycles. The highest BCUT2D eigenvalue weighted by Crippen LogP contribution is 2.29. The average Bonchev–Trinajstić information content (AvgIpc) is 2.69. The van der Waals surface area contributed by atoms with Crippen molar-refractivity contribution < 1.29 is 9.13 Å². The van der Waals surface area contributed by atoms with E-state index < -0.39 is 0 Å². The van der Waals surface area contributed by atoms with Crippen LogP contribution in [-0.4, -0.2) is 30.1 Å². The van der Waals surface area contributed by atoms with Crippen LogP contribution in [0.2, 0.25) is 0 Å². The number of rotatable bonds is 4. The van der Waals surface area contributed by atoms with E-state index in [9.17, 15) is 4.39 Å². The highest BCUT2D eigenvalue weighted by atomic mass is 19.1. The molecule has 1 heterocycles. The Hall–Kier alpha value is -1.60. The van der Waals surface area contributed by atoms with Gasteiger partial charge in [-0.15, -0.1) is 0 Å². The van der Waals surface area contributed by atoms with Crippen LogP contribution >= 0.6 is 0 Å². The molecule has 1 unspecified atom stereocenters. The maximum absolute atomic E-state index is 13.1. The second-order valence-electron chi connectivity index (χ2n) is 4.88. The van der Waals surface area contributed by atoms with Crippen molar-refractivity contribution in [2.75, 3.05) is 13.1 Å². The van der Waals surface area contributed by atoms with Crippen molar-refractivity contribution in [3.05, 3.63) is 29.6 Å². The summed E-state index contributed by atoms with van der Waals surface area (Å²) >= 11 is 0. The van der Waals surface area contributed by atoms with Crippen LogP contribution in [0.4, 0.5) is 4.39 Å². The lowest BCUT2D eigenvalue weighted by molar-refractivity contribution is 0.139. The predicted molar refractivity (Wildman–Crippen MR) is 66.8 cm³/mol. The number of nitriles is 1. The van der Waals surface area contributed by atoms with Gasteiger partial charge in [0, 0.05) is 24.6 Å². The summed E-state index contributed by atoms with van der Waals surface area (Å²) in [4.78, 5) is 2.06. The number of hydrogen-bond acceptors (Lipinski definition) is 3. The highest BCUT2D eigenvalue weighted by Gasteiger charge is 2.26. The van der Waals surface area contributed by atoms with Crippen molar-refractivity contribution in [2.45, 2.75) is 32.4 Å². The zero-order valence-corrected chi connectivity index (χ0v) is 10.7. The van der Waals surface area contributed by atoms with E-state index in [0.29, 0.717) is 25.6 Å². The minimum atomic E-state index is -0.226. The number of fused-ring (bicyclic) bond motifs is 1. The van der Waals surface area contributed by atoms with Crippen LogP contribution in [0.3, 0.4) is 0 Å². The quantitative estimate of drug-likeness (QED) is 0.767. The molecule has 0 saturated heterocycles. The highest BCUT2D eigenvalue weighted by molar-refractivity contribution is 5.37. The van der Waals surface area contributed by atoms with Crippen LogP contribution in [0.15, 0.2) is 18.2 Å². The molecule has 3 nitrogen and oxygen atoms in total. The summed E-state index contributed by atoms with van der Waals surface area (Å²) in [5.41, 5.74) is 0.917. The minimum Gasteiger partial charge on any atom is -0.488 e. The fourth-order valence-corrected chi connectivity index (χ4v) is 2.20. The van der Waals surface area contributed by atoms with E-state index in [2.05, 4.69) is 24.8 Å². The third-order valence-electron chi connectivity index (χ3n) is 3.21. The molecular formula is C14H17FN2O. The molecule has 1 aromatic carbocycles. The molecule has 0 radical (unpaired) electrons. The minimum absolute atomic E-state index is 0.0116. The van der Waals surface area contributed by atoms with Crippen molar-refractivity contribution in [2.24, 2.45) is 0 Å². The summed E-state index contributed by atoms with van der Waals surface area (Å²) in [6.45, 7) is 5.20. The standard InChI is InChI=1S/C14H17FN2O/c1-10(2)17(6-5-16)9-13-8-11-7-12(15)3-4-14(11)18-13/h3-4,7,10,13H,6,8-9H2,1-2H3. The van der Waals surface area contributed by atoms with Crippen LogP contribution in [-0.2, 0) is 6.42 Å². The Morgan fingerprint density at radius 2 is 2.33 bits per heavy atom. The summed E-state index contributed by atoms with van der Waals surface area (Å²) in [5.74, 6) is 0.540. The summed E-state index contributed by atoms with van der Waals surface area (Å²) < 4.78 is 18.9. The molecule has 18 heavy (non-hydrogen) atoms. The van der Waals surface area contributed by atoms with E-state index >= 15 is 0 Å². The number of hydrogen-bond donors (Lipinski definition) is 0. The first-order valence-electron chi connectivity index (χ1n) is 6.16. The van der Waals surface area contributed by atoms with E-state index in [0.717, 1.165) is 11.3 Å². The zero-order valence-electron chi connectivity index (χ0n) is 10.7. The predicted octanol–water partition coefficient (Wildman–Crippen LogP) is 2.36. The number of halogens is 1. The van der Waals surface area contributed by atoms with Crippen LogP contribution in [0.25, 0.3) is 0 Å². The molecule has 4 heteroatoms. The maximum atomic E-state index is 13.1. The summed E-state index contributed by atoms with van der Waals surface area (Å²) in [6.07, 6.45) is 0.722. The summed E-state index contributed by atoms with van der Waals surface area (Å²) in [5, 5.41) is 8.79. The lowest BCUT2D eigenvalue weighted by Crippen LogP contribution is -2.39. The average molecular weight is 248 g/mol. The summed E-state index contributed by atoms with van der Waals surface area (Å²) in [7, 11) is 0. The van der Waals surface area contributed by atoms with Crippen LogP contribution < -0.4 is 4.74 Å². The monoisotopic (exact) mass is 248 g/mol. The number of benzene rings is 1. The van der Waals surface area contributed by atoms with E-state index in [-0.39, 0.29) is 11.9 Å². The van der Waals surface area contributed by atoms with Gasteiger partial charge in [-0.2, -0.15) is 5.26 Å². The molecule has 0 spiro atoms. The molecule has 1 aliphatic rings. The second kappa shape index (κ2) is 5.36. The normalized spacial score (nSPS) is 17.7. The van der Waals surface area contributed by atoms with Gasteiger partial charge in [-0.3, -0.25) is 4.90 Å². The SMILES string of the molecule is CC(C)N(CC#N)CC1Cc2cc(F)ccc2O1. The molecule has 2 rings (SSSR count). The molecule has 0 amide bonds. The lowest BCUT2D eigenvalue weighted by Gasteiger charge is -2.26. The fraction of sp³-hybridized carbons (Fsp3) is 0.500. The van der Waals surface area contributed by atoms with Crippen LogP contribution in [0.5, 0.6) is 5.75 Å². The first kappa shape index (κ1) is 12.8. The van der Waals surface area contributed by atoms with Crippen molar-refractivity contribution in [3.63, 3.8) is 0 Å². The Morgan fingerprint density at radius 3 is 3.00 bits per heavy atom. The molecule has 1 aromatic rings. The Labute approximate surface area is 107 Å².